The van der Waals surface area contributed by atoms with Gasteiger partial charge in [-0.2, -0.15) is 0 Å². The Morgan fingerprint density at radius 2 is 1.76 bits per heavy atom. The Morgan fingerprint density at radius 1 is 1.18 bits per heavy atom. The summed E-state index contributed by atoms with van der Waals surface area (Å²) in [5, 5.41) is 1.65. The van der Waals surface area contributed by atoms with E-state index in [2.05, 4.69) is 0 Å². The lowest BCUT2D eigenvalue weighted by Crippen LogP contribution is -2.07. The predicted octanol–water partition coefficient (Wildman–Crippen LogP) is 3.70. The molecule has 0 aliphatic carbocycles. The van der Waals surface area contributed by atoms with Crippen LogP contribution in [0.2, 0.25) is 0 Å². The molecule has 0 atom stereocenters. The highest BCUT2D eigenvalue weighted by Crippen LogP contribution is 2.23. The van der Waals surface area contributed by atoms with Crippen LogP contribution in [0.25, 0.3) is 0 Å². The van der Waals surface area contributed by atoms with E-state index in [9.17, 15) is 18.0 Å². The van der Waals surface area contributed by atoms with Gasteiger partial charge < -0.3 is 0 Å². The zero-order valence-corrected chi connectivity index (χ0v) is 9.58. The van der Waals surface area contributed by atoms with Gasteiger partial charge in [0.1, 0.15) is 17.5 Å². The molecule has 1 heterocycles. The SMILES string of the molecule is Cc1ccsc1C(=O)c1c(F)cc(F)cc1F. The zero-order valence-electron chi connectivity index (χ0n) is 8.76. The third-order valence-electron chi connectivity index (χ3n) is 2.30. The second kappa shape index (κ2) is 4.33. The number of rotatable bonds is 2. The summed E-state index contributed by atoms with van der Waals surface area (Å²) >= 11 is 1.10. The van der Waals surface area contributed by atoms with Crippen LogP contribution in [-0.4, -0.2) is 5.78 Å². The minimum atomic E-state index is -1.18. The van der Waals surface area contributed by atoms with Crippen molar-refractivity contribution in [2.45, 2.75) is 6.92 Å². The maximum absolute atomic E-state index is 13.4. The molecule has 2 rings (SSSR count). The van der Waals surface area contributed by atoms with Gasteiger partial charge in [-0.1, -0.05) is 0 Å². The van der Waals surface area contributed by atoms with Crippen molar-refractivity contribution in [3.8, 4) is 0 Å². The smallest absolute Gasteiger partial charge is 0.209 e. The molecule has 2 aromatic rings. The van der Waals surface area contributed by atoms with Gasteiger partial charge in [0.25, 0.3) is 0 Å². The van der Waals surface area contributed by atoms with Crippen LogP contribution in [0.1, 0.15) is 20.8 Å². The average Bonchev–Trinajstić information content (AvgIpc) is 2.62. The molecule has 0 aliphatic rings. The van der Waals surface area contributed by atoms with E-state index in [0.717, 1.165) is 11.3 Å². The van der Waals surface area contributed by atoms with Gasteiger partial charge in [0.05, 0.1) is 10.4 Å². The van der Waals surface area contributed by atoms with Gasteiger partial charge in [-0.15, -0.1) is 11.3 Å². The Morgan fingerprint density at radius 3 is 2.24 bits per heavy atom. The van der Waals surface area contributed by atoms with E-state index in [0.29, 0.717) is 17.7 Å². The van der Waals surface area contributed by atoms with Crippen molar-refractivity contribution in [2.75, 3.05) is 0 Å². The van der Waals surface area contributed by atoms with Crippen molar-refractivity contribution in [2.24, 2.45) is 0 Å². The Hall–Kier alpha value is -1.62. The number of carbonyl (C=O) groups excluding carboxylic acids is 1. The Bertz CT molecular complexity index is 566. The summed E-state index contributed by atoms with van der Waals surface area (Å²) in [6, 6.07) is 2.68. The quantitative estimate of drug-likeness (QED) is 0.749. The van der Waals surface area contributed by atoms with Crippen LogP contribution in [-0.2, 0) is 0 Å². The summed E-state index contributed by atoms with van der Waals surface area (Å²) in [6.45, 7) is 1.67. The van der Waals surface area contributed by atoms with E-state index >= 15 is 0 Å². The van der Waals surface area contributed by atoms with Crippen molar-refractivity contribution in [3.63, 3.8) is 0 Å². The average molecular weight is 256 g/mol. The summed E-state index contributed by atoms with van der Waals surface area (Å²) < 4.78 is 39.5. The molecule has 1 aromatic carbocycles. The van der Waals surface area contributed by atoms with Crippen LogP contribution in [0.4, 0.5) is 13.2 Å². The molecule has 0 radical (unpaired) electrons. The summed E-state index contributed by atoms with van der Waals surface area (Å²) in [5.74, 6) is -4.16. The van der Waals surface area contributed by atoms with Crippen molar-refractivity contribution < 1.29 is 18.0 Å². The molecule has 0 bridgehead atoms. The molecule has 0 spiro atoms. The Labute approximate surface area is 99.5 Å². The van der Waals surface area contributed by atoms with Crippen LogP contribution in [0.3, 0.4) is 0 Å². The van der Waals surface area contributed by atoms with Gasteiger partial charge in [-0.05, 0) is 23.9 Å². The number of thiophene rings is 1. The van der Waals surface area contributed by atoms with Crippen molar-refractivity contribution in [1.29, 1.82) is 0 Å². The van der Waals surface area contributed by atoms with Gasteiger partial charge in [-0.3, -0.25) is 4.79 Å². The van der Waals surface area contributed by atoms with Gasteiger partial charge in [0.15, 0.2) is 0 Å². The highest BCUT2D eigenvalue weighted by atomic mass is 32.1. The molecule has 88 valence electrons. The normalized spacial score (nSPS) is 10.6. The van der Waals surface area contributed by atoms with E-state index < -0.39 is 28.8 Å². The second-order valence-corrected chi connectivity index (χ2v) is 4.42. The van der Waals surface area contributed by atoms with E-state index in [1.165, 1.54) is 0 Å². The van der Waals surface area contributed by atoms with Crippen LogP contribution in [0.5, 0.6) is 0 Å². The number of hydrogen-bond donors (Lipinski definition) is 0. The molecule has 0 saturated carbocycles. The minimum absolute atomic E-state index is 0.259. The number of hydrogen-bond acceptors (Lipinski definition) is 2. The first-order valence-electron chi connectivity index (χ1n) is 4.74. The summed E-state index contributed by atoms with van der Waals surface area (Å²) in [5.41, 5.74) is -0.0694. The summed E-state index contributed by atoms with van der Waals surface area (Å²) in [6.07, 6.45) is 0. The number of carbonyl (C=O) groups is 1. The molecule has 1 nitrogen and oxygen atoms in total. The van der Waals surface area contributed by atoms with E-state index in [4.69, 9.17) is 0 Å². The molecule has 0 unspecified atom stereocenters. The fraction of sp³-hybridized carbons (Fsp3) is 0.0833. The minimum Gasteiger partial charge on any atom is -0.287 e. The monoisotopic (exact) mass is 256 g/mol. The lowest BCUT2D eigenvalue weighted by molar-refractivity contribution is 0.103. The van der Waals surface area contributed by atoms with Crippen molar-refractivity contribution >= 4 is 17.1 Å². The number of aryl methyl sites for hydroxylation is 1. The molecule has 5 heteroatoms. The van der Waals surface area contributed by atoms with Crippen LogP contribution >= 0.6 is 11.3 Å². The third kappa shape index (κ3) is 2.10. The van der Waals surface area contributed by atoms with E-state index in [-0.39, 0.29) is 4.88 Å². The molecule has 0 fully saturated rings. The molecule has 0 saturated heterocycles. The number of halogens is 3. The zero-order chi connectivity index (χ0) is 12.6. The number of benzene rings is 1. The Kier molecular flexibility index (Phi) is 3.02. The highest BCUT2D eigenvalue weighted by molar-refractivity contribution is 7.12. The van der Waals surface area contributed by atoms with Crippen LogP contribution in [0, 0.1) is 24.4 Å². The van der Waals surface area contributed by atoms with E-state index in [1.807, 2.05) is 0 Å². The first kappa shape index (κ1) is 11.9. The molecule has 0 amide bonds. The topological polar surface area (TPSA) is 17.1 Å². The fourth-order valence-corrected chi connectivity index (χ4v) is 2.35. The maximum atomic E-state index is 13.4. The molecular weight excluding hydrogens is 249 g/mol. The highest BCUT2D eigenvalue weighted by Gasteiger charge is 2.22. The predicted molar refractivity (Wildman–Crippen MR) is 58.8 cm³/mol. The molecule has 0 aliphatic heterocycles. The van der Waals surface area contributed by atoms with Gasteiger partial charge in [-0.25, -0.2) is 13.2 Å². The molecular formula is C12H7F3OS. The van der Waals surface area contributed by atoms with Gasteiger partial charge >= 0.3 is 0 Å². The lowest BCUT2D eigenvalue weighted by atomic mass is 10.1. The lowest BCUT2D eigenvalue weighted by Gasteiger charge is -2.03. The first-order chi connectivity index (χ1) is 8.00. The third-order valence-corrected chi connectivity index (χ3v) is 3.32. The van der Waals surface area contributed by atoms with Crippen LogP contribution in [0.15, 0.2) is 23.6 Å². The largest absolute Gasteiger partial charge is 0.287 e. The Balaban J connectivity index is 2.56. The standard InChI is InChI=1S/C12H7F3OS/c1-6-2-3-17-12(6)11(16)10-8(14)4-7(13)5-9(10)15/h2-5H,1H3. The van der Waals surface area contributed by atoms with Crippen molar-refractivity contribution in [1.82, 2.24) is 0 Å². The first-order valence-corrected chi connectivity index (χ1v) is 5.62. The molecule has 17 heavy (non-hydrogen) atoms. The summed E-state index contributed by atoms with van der Waals surface area (Å²) in [7, 11) is 0. The fourth-order valence-electron chi connectivity index (χ4n) is 1.48. The maximum Gasteiger partial charge on any atom is 0.209 e. The van der Waals surface area contributed by atoms with E-state index in [1.54, 1.807) is 18.4 Å². The number of ketones is 1. The second-order valence-electron chi connectivity index (χ2n) is 3.51. The molecule has 0 N–H and O–H groups in total. The van der Waals surface area contributed by atoms with Gasteiger partial charge in [0.2, 0.25) is 5.78 Å². The van der Waals surface area contributed by atoms with Crippen LogP contribution < -0.4 is 0 Å². The summed E-state index contributed by atoms with van der Waals surface area (Å²) in [4.78, 5) is 12.1. The van der Waals surface area contributed by atoms with Crippen molar-refractivity contribution in [3.05, 3.63) is 57.0 Å². The van der Waals surface area contributed by atoms with Gasteiger partial charge in [0, 0.05) is 12.1 Å². The molecule has 1 aromatic heterocycles.